The van der Waals surface area contributed by atoms with Crippen LogP contribution in [0.2, 0.25) is 5.02 Å². The number of fused-ring (bicyclic) bond motifs is 1. The lowest BCUT2D eigenvalue weighted by atomic mass is 10.1. The maximum atomic E-state index is 13.0. The molecule has 3 aromatic rings. The molecule has 0 amide bonds. The number of Topliss-reactive ketones (excluding diaryl/α,β-unsaturated/α-hetero) is 1. The van der Waals surface area contributed by atoms with Crippen molar-refractivity contribution in [3.8, 4) is 11.5 Å². The van der Waals surface area contributed by atoms with Gasteiger partial charge in [0.05, 0.1) is 30.4 Å². The zero-order chi connectivity index (χ0) is 21.5. The number of hydrogen-bond donors (Lipinski definition) is 1. The summed E-state index contributed by atoms with van der Waals surface area (Å²) in [5.41, 5.74) is 0.464. The molecule has 0 saturated carbocycles. The van der Waals surface area contributed by atoms with Gasteiger partial charge in [-0.15, -0.1) is 0 Å². The highest BCUT2D eigenvalue weighted by molar-refractivity contribution is 7.92. The number of hydrogen-bond acceptors (Lipinski definition) is 7. The molecule has 29 heavy (non-hydrogen) atoms. The van der Waals surface area contributed by atoms with Crippen molar-refractivity contribution in [1.82, 2.24) is 4.57 Å². The number of ether oxygens (including phenoxy) is 2. The van der Waals surface area contributed by atoms with Crippen molar-refractivity contribution in [2.24, 2.45) is 7.05 Å². The van der Waals surface area contributed by atoms with E-state index in [1.807, 2.05) is 0 Å². The predicted molar refractivity (Wildman–Crippen MR) is 107 cm³/mol. The quantitative estimate of drug-likeness (QED) is 0.585. The van der Waals surface area contributed by atoms with Crippen LogP contribution in [0, 0.1) is 0 Å². The van der Waals surface area contributed by atoms with Crippen molar-refractivity contribution in [2.45, 2.75) is 11.8 Å². The van der Waals surface area contributed by atoms with E-state index >= 15 is 0 Å². The first-order valence-electron chi connectivity index (χ1n) is 8.18. The number of oxazole rings is 1. The van der Waals surface area contributed by atoms with E-state index < -0.39 is 15.8 Å². The molecule has 0 fully saturated rings. The Hall–Kier alpha value is -2.98. The number of carbonyl (C=O) groups excluding carboxylic acids is 1. The van der Waals surface area contributed by atoms with Crippen molar-refractivity contribution < 1.29 is 27.1 Å². The van der Waals surface area contributed by atoms with Crippen LogP contribution in [0.1, 0.15) is 17.3 Å². The van der Waals surface area contributed by atoms with Crippen LogP contribution in [0.25, 0.3) is 11.1 Å². The molecule has 154 valence electrons. The second kappa shape index (κ2) is 7.45. The second-order valence-corrected chi connectivity index (χ2v) is 8.15. The van der Waals surface area contributed by atoms with Crippen molar-refractivity contribution >= 4 is 44.2 Å². The summed E-state index contributed by atoms with van der Waals surface area (Å²) in [5, 5.41) is -0.119. The van der Waals surface area contributed by atoms with Crippen LogP contribution in [0.3, 0.4) is 0 Å². The van der Waals surface area contributed by atoms with Crippen LogP contribution in [-0.4, -0.2) is 33.0 Å². The Morgan fingerprint density at radius 1 is 1.14 bits per heavy atom. The fourth-order valence-corrected chi connectivity index (χ4v) is 4.40. The molecule has 0 saturated heterocycles. The molecule has 0 radical (unpaired) electrons. The summed E-state index contributed by atoms with van der Waals surface area (Å²) in [6.45, 7) is 1.29. The van der Waals surface area contributed by atoms with Crippen molar-refractivity contribution in [3.05, 3.63) is 45.4 Å². The molecule has 0 aliphatic carbocycles. The number of carbonyl (C=O) groups is 1. The summed E-state index contributed by atoms with van der Waals surface area (Å²) >= 11 is 6.16. The first kappa shape index (κ1) is 20.7. The number of nitrogens with zero attached hydrogens (tertiary/aromatic N) is 1. The number of nitrogens with one attached hydrogen (secondary N) is 1. The van der Waals surface area contributed by atoms with Gasteiger partial charge in [-0.3, -0.25) is 14.1 Å². The molecule has 0 spiro atoms. The lowest BCUT2D eigenvalue weighted by molar-refractivity contribution is 0.101. The van der Waals surface area contributed by atoms with Gasteiger partial charge in [-0.25, -0.2) is 13.2 Å². The maximum Gasteiger partial charge on any atom is 0.419 e. The van der Waals surface area contributed by atoms with E-state index in [-0.39, 0.29) is 44.0 Å². The molecule has 2 aromatic carbocycles. The van der Waals surface area contributed by atoms with E-state index in [0.717, 1.165) is 6.07 Å². The third-order valence-electron chi connectivity index (χ3n) is 4.28. The molecule has 3 rings (SSSR count). The SMILES string of the molecule is COc1cc(NS(=O)(=O)c2cc3oc(=O)n(C)c3cc2Cl)c(C(C)=O)cc1OC. The molecular weight excluding hydrogens is 424 g/mol. The maximum absolute atomic E-state index is 13.0. The first-order valence-corrected chi connectivity index (χ1v) is 10.0. The van der Waals surface area contributed by atoms with Crippen LogP contribution in [0.5, 0.6) is 11.5 Å². The molecule has 0 atom stereocenters. The highest BCUT2D eigenvalue weighted by atomic mass is 35.5. The summed E-state index contributed by atoms with van der Waals surface area (Å²) in [6.07, 6.45) is 0. The van der Waals surface area contributed by atoms with Gasteiger partial charge in [0.1, 0.15) is 4.90 Å². The minimum absolute atomic E-state index is 0.0131. The van der Waals surface area contributed by atoms with E-state index in [2.05, 4.69) is 4.72 Å². The highest BCUT2D eigenvalue weighted by Gasteiger charge is 2.24. The normalized spacial score (nSPS) is 11.5. The van der Waals surface area contributed by atoms with Crippen molar-refractivity contribution in [3.63, 3.8) is 0 Å². The summed E-state index contributed by atoms with van der Waals surface area (Å²) in [5.74, 6) is -0.548. The lowest BCUT2D eigenvalue weighted by Crippen LogP contribution is -2.16. The molecular formula is C18H17ClN2O7S. The number of aryl methyl sites for hydroxylation is 1. The molecule has 0 bridgehead atoms. The zero-order valence-electron chi connectivity index (χ0n) is 15.9. The lowest BCUT2D eigenvalue weighted by Gasteiger charge is -2.15. The van der Waals surface area contributed by atoms with E-state index in [0.29, 0.717) is 5.52 Å². The Labute approximate surface area is 170 Å². The molecule has 1 heterocycles. The number of ketones is 1. The third-order valence-corrected chi connectivity index (χ3v) is 6.11. The van der Waals surface area contributed by atoms with Crippen molar-refractivity contribution in [2.75, 3.05) is 18.9 Å². The van der Waals surface area contributed by atoms with E-state index in [4.69, 9.17) is 25.5 Å². The monoisotopic (exact) mass is 440 g/mol. The fraction of sp³-hybridized carbons (Fsp3) is 0.222. The van der Waals surface area contributed by atoms with Crippen molar-refractivity contribution in [1.29, 1.82) is 0 Å². The zero-order valence-corrected chi connectivity index (χ0v) is 17.5. The van der Waals surface area contributed by atoms with Crippen LogP contribution >= 0.6 is 11.6 Å². The molecule has 0 unspecified atom stereocenters. The number of benzene rings is 2. The van der Waals surface area contributed by atoms with Gasteiger partial charge >= 0.3 is 5.76 Å². The van der Waals surface area contributed by atoms with Gasteiger partial charge in [0.25, 0.3) is 10.0 Å². The van der Waals surface area contributed by atoms with Gasteiger partial charge in [0, 0.05) is 24.7 Å². The van der Waals surface area contributed by atoms with Gasteiger partial charge in [-0.05, 0) is 19.1 Å². The molecule has 0 aliphatic rings. The Morgan fingerprint density at radius 2 is 1.76 bits per heavy atom. The Balaban J connectivity index is 2.15. The Kier molecular flexibility index (Phi) is 5.33. The summed E-state index contributed by atoms with van der Waals surface area (Å²) in [7, 11) is 0.00826. The van der Waals surface area contributed by atoms with Crippen LogP contribution in [-0.2, 0) is 17.1 Å². The van der Waals surface area contributed by atoms with Crippen LogP contribution in [0.4, 0.5) is 5.69 Å². The standard InChI is InChI=1S/C18H17ClN2O7S/c1-9(22)10-5-15(26-3)16(27-4)7-12(10)20-29(24,25)17-8-14-13(6-11(17)19)21(2)18(23)28-14/h5-8,20H,1-4H3. The van der Waals surface area contributed by atoms with Gasteiger partial charge < -0.3 is 13.9 Å². The predicted octanol–water partition coefficient (Wildman–Crippen LogP) is 2.81. The smallest absolute Gasteiger partial charge is 0.419 e. The van der Waals surface area contributed by atoms with Crippen LogP contribution < -0.4 is 20.0 Å². The number of sulfonamides is 1. The minimum Gasteiger partial charge on any atom is -0.493 e. The summed E-state index contributed by atoms with van der Waals surface area (Å²) in [4.78, 5) is 23.4. The summed E-state index contributed by atoms with van der Waals surface area (Å²) < 4.78 is 44.9. The first-order chi connectivity index (χ1) is 13.6. The molecule has 1 aromatic heterocycles. The Morgan fingerprint density at radius 3 is 2.34 bits per heavy atom. The number of aromatic nitrogens is 1. The van der Waals surface area contributed by atoms with E-state index in [1.165, 1.54) is 51.0 Å². The number of rotatable bonds is 6. The topological polar surface area (TPSA) is 117 Å². The van der Waals surface area contributed by atoms with Gasteiger partial charge in [0.2, 0.25) is 0 Å². The highest BCUT2D eigenvalue weighted by Crippen LogP contribution is 2.35. The number of anilines is 1. The molecule has 0 aliphatic heterocycles. The van der Waals surface area contributed by atoms with Gasteiger partial charge in [-0.1, -0.05) is 11.6 Å². The van der Waals surface area contributed by atoms with Gasteiger partial charge in [-0.2, -0.15) is 0 Å². The number of methoxy groups -OCH3 is 2. The molecule has 9 nitrogen and oxygen atoms in total. The van der Waals surface area contributed by atoms with Gasteiger partial charge in [0.15, 0.2) is 22.9 Å². The third kappa shape index (κ3) is 3.68. The molecule has 1 N–H and O–H groups in total. The average molecular weight is 441 g/mol. The van der Waals surface area contributed by atoms with E-state index in [9.17, 15) is 18.0 Å². The van der Waals surface area contributed by atoms with E-state index in [1.54, 1.807) is 0 Å². The minimum atomic E-state index is -4.24. The number of halogens is 1. The Bertz CT molecular complexity index is 1290. The second-order valence-electron chi connectivity index (χ2n) is 6.09. The summed E-state index contributed by atoms with van der Waals surface area (Å²) in [6, 6.07) is 5.18. The average Bonchev–Trinajstić information content (AvgIpc) is 2.93. The largest absolute Gasteiger partial charge is 0.493 e. The fourth-order valence-electron chi connectivity index (χ4n) is 2.79. The van der Waals surface area contributed by atoms with Crippen LogP contribution in [0.15, 0.2) is 38.4 Å². The molecule has 11 heteroatoms.